The van der Waals surface area contributed by atoms with Crippen molar-refractivity contribution < 1.29 is 0 Å². The van der Waals surface area contributed by atoms with Gasteiger partial charge < -0.3 is 5.32 Å². The topological polar surface area (TPSA) is 12.0 Å². The number of hydrogen-bond acceptors (Lipinski definition) is 1. The van der Waals surface area contributed by atoms with Crippen molar-refractivity contribution in [1.29, 1.82) is 0 Å². The minimum absolute atomic E-state index is 0.591. The summed E-state index contributed by atoms with van der Waals surface area (Å²) in [5.41, 5.74) is 0.591. The average Bonchev–Trinajstić information content (AvgIpc) is 2.60. The lowest BCUT2D eigenvalue weighted by atomic mass is 9.85. The van der Waals surface area contributed by atoms with Crippen LogP contribution in [0.1, 0.15) is 84.0 Å². The van der Waals surface area contributed by atoms with Crippen LogP contribution in [0.4, 0.5) is 0 Å². The molecule has 0 saturated carbocycles. The Bertz CT molecular complexity index is 198. The number of hydrogen-bond donors (Lipinski definition) is 1. The molecule has 2 saturated heterocycles. The molecule has 0 aromatic rings. The molecule has 1 nitrogen and oxygen atoms in total. The van der Waals surface area contributed by atoms with Crippen LogP contribution in [-0.2, 0) is 0 Å². The molecule has 2 heterocycles. The molecule has 0 aromatic carbocycles. The molecule has 1 heteroatoms. The van der Waals surface area contributed by atoms with Gasteiger partial charge in [0.05, 0.1) is 0 Å². The van der Waals surface area contributed by atoms with Crippen molar-refractivity contribution in [1.82, 2.24) is 5.32 Å². The van der Waals surface area contributed by atoms with E-state index in [2.05, 4.69) is 12.2 Å². The van der Waals surface area contributed by atoms with Gasteiger partial charge in [0.1, 0.15) is 0 Å². The Hall–Kier alpha value is -0.0400. The van der Waals surface area contributed by atoms with Gasteiger partial charge in [-0.3, -0.25) is 0 Å². The van der Waals surface area contributed by atoms with Gasteiger partial charge in [-0.25, -0.2) is 0 Å². The van der Waals surface area contributed by atoms with Gasteiger partial charge in [-0.15, -0.1) is 0 Å². The van der Waals surface area contributed by atoms with E-state index in [1.807, 2.05) is 0 Å². The normalized spacial score (nSPS) is 33.2. The summed E-state index contributed by atoms with van der Waals surface area (Å²) in [4.78, 5) is 0. The van der Waals surface area contributed by atoms with Crippen LogP contribution in [0.5, 0.6) is 0 Å². The van der Waals surface area contributed by atoms with Gasteiger partial charge in [0.2, 0.25) is 0 Å². The lowest BCUT2D eigenvalue weighted by molar-refractivity contribution is 0.251. The maximum absolute atomic E-state index is 3.91. The highest BCUT2D eigenvalue weighted by molar-refractivity contribution is 5.00. The molecule has 2 atom stereocenters. The van der Waals surface area contributed by atoms with Crippen molar-refractivity contribution in [3.63, 3.8) is 0 Å². The van der Waals surface area contributed by atoms with Crippen LogP contribution in [0.25, 0.3) is 0 Å². The number of rotatable bonds is 7. The first-order valence-corrected chi connectivity index (χ1v) is 7.62. The first kappa shape index (κ1) is 12.4. The fourth-order valence-corrected chi connectivity index (χ4v) is 3.69. The first-order valence-electron chi connectivity index (χ1n) is 7.62. The number of fused-ring (bicyclic) bond motifs is 2. The Kier molecular flexibility index (Phi) is 4.69. The smallest absolute Gasteiger partial charge is 0.0184 e. The van der Waals surface area contributed by atoms with Gasteiger partial charge in [-0.1, -0.05) is 51.9 Å². The van der Waals surface area contributed by atoms with Crippen molar-refractivity contribution in [3.05, 3.63) is 0 Å². The average molecular weight is 223 g/mol. The van der Waals surface area contributed by atoms with Crippen LogP contribution < -0.4 is 5.32 Å². The van der Waals surface area contributed by atoms with Crippen molar-refractivity contribution in [2.75, 3.05) is 0 Å². The third-order valence-electron chi connectivity index (χ3n) is 4.70. The molecule has 0 radical (unpaired) electrons. The van der Waals surface area contributed by atoms with Gasteiger partial charge in [0.25, 0.3) is 0 Å². The van der Waals surface area contributed by atoms with Crippen LogP contribution in [-0.4, -0.2) is 11.6 Å². The first-order chi connectivity index (χ1) is 7.85. The summed E-state index contributed by atoms with van der Waals surface area (Å²) in [6, 6.07) is 0.883. The van der Waals surface area contributed by atoms with E-state index < -0.39 is 0 Å². The summed E-state index contributed by atoms with van der Waals surface area (Å²) < 4.78 is 0. The molecule has 0 spiro atoms. The third kappa shape index (κ3) is 3.23. The molecule has 2 aliphatic heterocycles. The zero-order chi connectivity index (χ0) is 11.3. The SMILES string of the molecule is CCCCCCCCC12CCCC(CC1)N2. The summed E-state index contributed by atoms with van der Waals surface area (Å²) in [6.07, 6.45) is 17.4. The second kappa shape index (κ2) is 6.05. The molecular weight excluding hydrogens is 194 g/mol. The summed E-state index contributed by atoms with van der Waals surface area (Å²) in [5.74, 6) is 0. The van der Waals surface area contributed by atoms with Crippen LogP contribution in [0, 0.1) is 0 Å². The Morgan fingerprint density at radius 1 is 1.00 bits per heavy atom. The summed E-state index contributed by atoms with van der Waals surface area (Å²) in [6.45, 7) is 2.30. The molecule has 2 rings (SSSR count). The summed E-state index contributed by atoms with van der Waals surface area (Å²) in [7, 11) is 0. The number of piperidine rings is 1. The number of unbranched alkanes of at least 4 members (excludes halogenated alkanes) is 5. The second-order valence-corrected chi connectivity index (χ2v) is 6.07. The molecule has 0 aromatic heterocycles. The molecule has 0 amide bonds. The van der Waals surface area contributed by atoms with E-state index >= 15 is 0 Å². The Labute approximate surface area is 101 Å². The Morgan fingerprint density at radius 3 is 2.69 bits per heavy atom. The van der Waals surface area contributed by atoms with Gasteiger partial charge in [-0.05, 0) is 32.1 Å². The molecular formula is C15H29N. The summed E-state index contributed by atoms with van der Waals surface area (Å²) >= 11 is 0. The maximum Gasteiger partial charge on any atom is 0.0184 e. The van der Waals surface area contributed by atoms with E-state index in [9.17, 15) is 0 Å². The molecule has 1 N–H and O–H groups in total. The van der Waals surface area contributed by atoms with Crippen LogP contribution in [0.2, 0.25) is 0 Å². The van der Waals surface area contributed by atoms with Gasteiger partial charge in [-0.2, -0.15) is 0 Å². The van der Waals surface area contributed by atoms with E-state index in [1.54, 1.807) is 0 Å². The Balaban J connectivity index is 1.58. The highest BCUT2D eigenvalue weighted by Gasteiger charge is 2.40. The Morgan fingerprint density at radius 2 is 1.81 bits per heavy atom. The zero-order valence-electron chi connectivity index (χ0n) is 11.1. The number of nitrogens with one attached hydrogen (secondary N) is 1. The fourth-order valence-electron chi connectivity index (χ4n) is 3.69. The van der Waals surface area contributed by atoms with E-state index in [1.165, 1.54) is 77.0 Å². The van der Waals surface area contributed by atoms with E-state index in [0.717, 1.165) is 6.04 Å². The van der Waals surface area contributed by atoms with Gasteiger partial charge in [0, 0.05) is 11.6 Å². The standard InChI is InChI=1S/C15H29N/c1-2-3-4-5-6-7-11-15-12-8-9-14(16-15)10-13-15/h14,16H,2-13H2,1H3. The van der Waals surface area contributed by atoms with Crippen molar-refractivity contribution in [2.24, 2.45) is 0 Å². The van der Waals surface area contributed by atoms with E-state index in [4.69, 9.17) is 0 Å². The van der Waals surface area contributed by atoms with Crippen molar-refractivity contribution in [2.45, 2.75) is 95.6 Å². The van der Waals surface area contributed by atoms with Crippen LogP contribution in [0.3, 0.4) is 0 Å². The highest BCUT2D eigenvalue weighted by atomic mass is 15.1. The monoisotopic (exact) mass is 223 g/mol. The highest BCUT2D eigenvalue weighted by Crippen LogP contribution is 2.38. The maximum atomic E-state index is 3.91. The molecule has 94 valence electrons. The van der Waals surface area contributed by atoms with Gasteiger partial charge >= 0.3 is 0 Å². The minimum Gasteiger partial charge on any atom is -0.308 e. The second-order valence-electron chi connectivity index (χ2n) is 6.07. The zero-order valence-corrected chi connectivity index (χ0v) is 11.1. The fraction of sp³-hybridized carbons (Fsp3) is 1.00. The van der Waals surface area contributed by atoms with Crippen LogP contribution >= 0.6 is 0 Å². The predicted molar refractivity (Wildman–Crippen MR) is 70.7 cm³/mol. The van der Waals surface area contributed by atoms with E-state index in [0.29, 0.717) is 5.54 Å². The molecule has 2 bridgehead atoms. The van der Waals surface area contributed by atoms with Crippen molar-refractivity contribution >= 4 is 0 Å². The molecule has 0 aliphatic carbocycles. The largest absolute Gasteiger partial charge is 0.308 e. The molecule has 2 unspecified atom stereocenters. The molecule has 16 heavy (non-hydrogen) atoms. The predicted octanol–water partition coefficient (Wildman–Crippen LogP) is 4.41. The lowest BCUT2D eigenvalue weighted by Crippen LogP contribution is -2.46. The van der Waals surface area contributed by atoms with Gasteiger partial charge in [0.15, 0.2) is 0 Å². The van der Waals surface area contributed by atoms with Crippen molar-refractivity contribution in [3.8, 4) is 0 Å². The van der Waals surface area contributed by atoms with E-state index in [-0.39, 0.29) is 0 Å². The quantitative estimate of drug-likeness (QED) is 0.630. The third-order valence-corrected chi connectivity index (χ3v) is 4.70. The van der Waals surface area contributed by atoms with Crippen LogP contribution in [0.15, 0.2) is 0 Å². The molecule has 2 fully saturated rings. The molecule has 2 aliphatic rings. The summed E-state index contributed by atoms with van der Waals surface area (Å²) in [5, 5.41) is 3.91. The lowest BCUT2D eigenvalue weighted by Gasteiger charge is -2.35. The minimum atomic E-state index is 0.591.